The topological polar surface area (TPSA) is 59.7 Å². The van der Waals surface area contributed by atoms with Crippen LogP contribution in [0.1, 0.15) is 24.0 Å². The van der Waals surface area contributed by atoms with Gasteiger partial charge in [-0.1, -0.05) is 29.5 Å². The van der Waals surface area contributed by atoms with Crippen molar-refractivity contribution >= 4 is 0 Å². The van der Waals surface area contributed by atoms with E-state index in [0.717, 1.165) is 17.8 Å². The normalized spacial score (nSPS) is 15.0. The summed E-state index contributed by atoms with van der Waals surface area (Å²) in [6.07, 6.45) is 9.59. The number of likely N-dealkylation sites (tertiary alicyclic amines) is 1. The second-order valence-electron chi connectivity index (χ2n) is 6.23. The lowest BCUT2D eigenvalue weighted by atomic mass is 10.1. The van der Waals surface area contributed by atoms with E-state index in [1.807, 2.05) is 10.9 Å². The van der Waals surface area contributed by atoms with Gasteiger partial charge in [-0.2, -0.15) is 0 Å². The minimum atomic E-state index is 0.717. The lowest BCUT2D eigenvalue weighted by Crippen LogP contribution is -2.18. The fraction of sp³-hybridized carbons (Fsp3) is 0.333. The number of rotatable bonds is 5. The van der Waals surface area contributed by atoms with Crippen LogP contribution in [0.4, 0.5) is 0 Å². The molecule has 1 saturated heterocycles. The molecule has 3 heterocycles. The van der Waals surface area contributed by atoms with Crippen molar-refractivity contribution in [3.05, 3.63) is 60.3 Å². The first kappa shape index (κ1) is 15.0. The van der Waals surface area contributed by atoms with E-state index < -0.39 is 0 Å². The van der Waals surface area contributed by atoms with Crippen LogP contribution in [-0.2, 0) is 13.1 Å². The zero-order valence-corrected chi connectivity index (χ0v) is 13.5. The number of benzene rings is 1. The number of nitrogens with zero attached hydrogens (tertiary/aromatic N) is 6. The molecule has 0 aliphatic carbocycles. The maximum absolute atomic E-state index is 4.22. The molecule has 0 radical (unpaired) electrons. The zero-order chi connectivity index (χ0) is 16.2. The molecular formula is C18H20N6. The highest BCUT2D eigenvalue weighted by atomic mass is 15.4. The van der Waals surface area contributed by atoms with Crippen molar-refractivity contribution in [1.29, 1.82) is 0 Å². The second-order valence-corrected chi connectivity index (χ2v) is 6.23. The molecule has 2 aromatic heterocycles. The molecule has 0 saturated carbocycles. The summed E-state index contributed by atoms with van der Waals surface area (Å²) in [5, 5.41) is 8.43. The molecule has 1 aromatic carbocycles. The molecule has 0 N–H and O–H groups in total. The highest BCUT2D eigenvalue weighted by molar-refractivity contribution is 5.54. The average molecular weight is 320 g/mol. The molecule has 0 spiro atoms. The highest BCUT2D eigenvalue weighted by Crippen LogP contribution is 2.16. The van der Waals surface area contributed by atoms with Gasteiger partial charge in [-0.05, 0) is 37.1 Å². The Kier molecular flexibility index (Phi) is 4.29. The summed E-state index contributed by atoms with van der Waals surface area (Å²) < 4.78 is 1.86. The fourth-order valence-electron chi connectivity index (χ4n) is 3.15. The molecule has 0 amide bonds. The molecule has 4 rings (SSSR count). The number of hydrogen-bond donors (Lipinski definition) is 0. The predicted molar refractivity (Wildman–Crippen MR) is 91.1 cm³/mol. The molecule has 0 atom stereocenters. The van der Waals surface area contributed by atoms with Gasteiger partial charge in [-0.15, -0.1) is 5.10 Å². The molecule has 0 bridgehead atoms. The van der Waals surface area contributed by atoms with Crippen LogP contribution >= 0.6 is 0 Å². The molecule has 1 aliphatic rings. The Hall–Kier alpha value is -2.60. The molecule has 6 heteroatoms. The van der Waals surface area contributed by atoms with Crippen molar-refractivity contribution in [2.45, 2.75) is 25.9 Å². The quantitative estimate of drug-likeness (QED) is 0.722. The van der Waals surface area contributed by atoms with Gasteiger partial charge >= 0.3 is 0 Å². The van der Waals surface area contributed by atoms with Crippen molar-refractivity contribution in [1.82, 2.24) is 29.9 Å². The van der Waals surface area contributed by atoms with E-state index >= 15 is 0 Å². The Morgan fingerprint density at radius 2 is 1.71 bits per heavy atom. The van der Waals surface area contributed by atoms with E-state index in [4.69, 9.17) is 0 Å². The summed E-state index contributed by atoms with van der Waals surface area (Å²) in [6, 6.07) is 8.74. The lowest BCUT2D eigenvalue weighted by molar-refractivity contribution is 0.331. The van der Waals surface area contributed by atoms with Gasteiger partial charge in [0.25, 0.3) is 0 Å². The maximum Gasteiger partial charge on any atom is 0.116 e. The average Bonchev–Trinajstić information content (AvgIpc) is 3.28. The first-order valence-electron chi connectivity index (χ1n) is 8.32. The smallest absolute Gasteiger partial charge is 0.116 e. The van der Waals surface area contributed by atoms with Crippen LogP contribution in [0.15, 0.2) is 49.2 Å². The molecule has 6 nitrogen and oxygen atoms in total. The standard InChI is InChI=1S/C18H20N6/c1-2-7-23(6-1)11-15-4-3-5-16(8-15)12-24-13-18(21-22-24)17-9-19-14-20-10-17/h3-5,8-10,13-14H,1-2,6-7,11-12H2. The minimum Gasteiger partial charge on any atom is -0.299 e. The van der Waals surface area contributed by atoms with Crippen molar-refractivity contribution in [2.24, 2.45) is 0 Å². The Balaban J connectivity index is 1.46. The minimum absolute atomic E-state index is 0.717. The van der Waals surface area contributed by atoms with Crippen LogP contribution in [0.25, 0.3) is 11.3 Å². The van der Waals surface area contributed by atoms with Gasteiger partial charge in [-0.3, -0.25) is 4.90 Å². The first-order chi connectivity index (χ1) is 11.9. The summed E-state index contributed by atoms with van der Waals surface area (Å²) in [4.78, 5) is 10.6. The van der Waals surface area contributed by atoms with E-state index in [9.17, 15) is 0 Å². The van der Waals surface area contributed by atoms with Crippen LogP contribution in [-0.4, -0.2) is 43.0 Å². The summed E-state index contributed by atoms with van der Waals surface area (Å²) in [5.41, 5.74) is 4.29. The number of aromatic nitrogens is 5. The largest absolute Gasteiger partial charge is 0.299 e. The van der Waals surface area contributed by atoms with Crippen molar-refractivity contribution in [2.75, 3.05) is 13.1 Å². The third kappa shape index (κ3) is 3.49. The highest BCUT2D eigenvalue weighted by Gasteiger charge is 2.12. The SMILES string of the molecule is c1cc(CN2CCCC2)cc(Cn2cc(-c3cncnc3)nn2)c1. The van der Waals surface area contributed by atoms with Gasteiger partial charge in [0.2, 0.25) is 0 Å². The van der Waals surface area contributed by atoms with Crippen molar-refractivity contribution in [3.63, 3.8) is 0 Å². The van der Waals surface area contributed by atoms with Gasteiger partial charge in [-0.25, -0.2) is 14.6 Å². The summed E-state index contributed by atoms with van der Waals surface area (Å²) >= 11 is 0. The fourth-order valence-corrected chi connectivity index (χ4v) is 3.15. The first-order valence-corrected chi connectivity index (χ1v) is 8.32. The molecule has 24 heavy (non-hydrogen) atoms. The molecule has 1 fully saturated rings. The van der Waals surface area contributed by atoms with Crippen LogP contribution in [0, 0.1) is 0 Å². The van der Waals surface area contributed by atoms with Gasteiger partial charge in [0.05, 0.1) is 12.7 Å². The number of hydrogen-bond acceptors (Lipinski definition) is 5. The second kappa shape index (κ2) is 6.88. The summed E-state index contributed by atoms with van der Waals surface area (Å²) in [5.74, 6) is 0. The van der Waals surface area contributed by atoms with Crippen LogP contribution in [0.2, 0.25) is 0 Å². The van der Waals surface area contributed by atoms with Gasteiger partial charge < -0.3 is 0 Å². The summed E-state index contributed by atoms with van der Waals surface area (Å²) in [7, 11) is 0. The Morgan fingerprint density at radius 1 is 0.958 bits per heavy atom. The Labute approximate surface area is 141 Å². The molecule has 3 aromatic rings. The van der Waals surface area contributed by atoms with E-state index in [1.54, 1.807) is 12.4 Å². The van der Waals surface area contributed by atoms with Crippen molar-refractivity contribution in [3.8, 4) is 11.3 Å². The molecular weight excluding hydrogens is 300 g/mol. The third-order valence-corrected chi connectivity index (χ3v) is 4.34. The molecule has 0 unspecified atom stereocenters. The summed E-state index contributed by atoms with van der Waals surface area (Å²) in [6.45, 7) is 4.19. The van der Waals surface area contributed by atoms with Gasteiger partial charge in [0.15, 0.2) is 0 Å². The lowest BCUT2D eigenvalue weighted by Gasteiger charge is -2.15. The zero-order valence-electron chi connectivity index (χ0n) is 13.5. The van der Waals surface area contributed by atoms with Gasteiger partial charge in [0.1, 0.15) is 12.0 Å². The van der Waals surface area contributed by atoms with Crippen LogP contribution in [0.5, 0.6) is 0 Å². The van der Waals surface area contributed by atoms with E-state index in [0.29, 0.717) is 6.54 Å². The maximum atomic E-state index is 4.22. The Bertz CT molecular complexity index is 792. The molecule has 1 aliphatic heterocycles. The van der Waals surface area contributed by atoms with E-state index in [1.165, 1.54) is 43.4 Å². The van der Waals surface area contributed by atoms with E-state index in [2.05, 4.69) is 49.4 Å². The van der Waals surface area contributed by atoms with Crippen LogP contribution < -0.4 is 0 Å². The van der Waals surface area contributed by atoms with E-state index in [-0.39, 0.29) is 0 Å². The van der Waals surface area contributed by atoms with Crippen LogP contribution in [0.3, 0.4) is 0 Å². The third-order valence-electron chi connectivity index (χ3n) is 4.34. The van der Waals surface area contributed by atoms with Crippen molar-refractivity contribution < 1.29 is 0 Å². The predicted octanol–water partition coefficient (Wildman–Crippen LogP) is 2.38. The molecule has 122 valence electrons. The Morgan fingerprint density at radius 3 is 2.50 bits per heavy atom. The monoisotopic (exact) mass is 320 g/mol. The van der Waals surface area contributed by atoms with Gasteiger partial charge in [0, 0.05) is 24.5 Å².